The van der Waals surface area contributed by atoms with Gasteiger partial charge in [-0.25, -0.2) is 9.18 Å². The third-order valence-electron chi connectivity index (χ3n) is 1.54. The van der Waals surface area contributed by atoms with Crippen LogP contribution >= 0.6 is 0 Å². The molecule has 0 heterocycles. The van der Waals surface area contributed by atoms with Gasteiger partial charge in [0, 0.05) is 12.6 Å². The van der Waals surface area contributed by atoms with Crippen molar-refractivity contribution in [2.24, 2.45) is 0 Å². The SMILES string of the molecule is O=C(O)C=CCNc1ccccc1F. The summed E-state index contributed by atoms with van der Waals surface area (Å²) in [6.07, 6.45) is 2.42. The van der Waals surface area contributed by atoms with Gasteiger partial charge in [-0.05, 0) is 12.1 Å². The fraction of sp³-hybridized carbons (Fsp3) is 0.100. The van der Waals surface area contributed by atoms with Crippen LogP contribution in [0.4, 0.5) is 10.1 Å². The van der Waals surface area contributed by atoms with Crippen LogP contribution in [-0.4, -0.2) is 17.6 Å². The van der Waals surface area contributed by atoms with Crippen molar-refractivity contribution in [3.8, 4) is 0 Å². The third kappa shape index (κ3) is 3.26. The molecule has 1 rings (SSSR count). The lowest BCUT2D eigenvalue weighted by Gasteiger charge is -2.03. The zero-order valence-electron chi connectivity index (χ0n) is 7.40. The van der Waals surface area contributed by atoms with E-state index >= 15 is 0 Å². The van der Waals surface area contributed by atoms with Gasteiger partial charge in [-0.1, -0.05) is 18.2 Å². The van der Waals surface area contributed by atoms with E-state index in [1.807, 2.05) is 0 Å². The molecule has 1 aromatic carbocycles. The first kappa shape index (κ1) is 10.2. The first-order valence-electron chi connectivity index (χ1n) is 4.08. The summed E-state index contributed by atoms with van der Waals surface area (Å²) >= 11 is 0. The van der Waals surface area contributed by atoms with Crippen molar-refractivity contribution in [3.05, 3.63) is 42.2 Å². The molecule has 0 bridgehead atoms. The number of carboxylic acid groups (broad SMARTS) is 1. The minimum atomic E-state index is -1.01. The Morgan fingerprint density at radius 3 is 2.86 bits per heavy atom. The van der Waals surface area contributed by atoms with E-state index in [-0.39, 0.29) is 12.4 Å². The van der Waals surface area contributed by atoms with Crippen molar-refractivity contribution in [1.29, 1.82) is 0 Å². The van der Waals surface area contributed by atoms with Crippen LogP contribution in [0.1, 0.15) is 0 Å². The minimum absolute atomic E-state index is 0.285. The molecule has 2 N–H and O–H groups in total. The van der Waals surface area contributed by atoms with Gasteiger partial charge >= 0.3 is 5.97 Å². The average Bonchev–Trinajstić information content (AvgIpc) is 2.15. The normalized spacial score (nSPS) is 10.4. The van der Waals surface area contributed by atoms with Crippen LogP contribution in [-0.2, 0) is 4.79 Å². The van der Waals surface area contributed by atoms with Gasteiger partial charge in [0.05, 0.1) is 5.69 Å². The summed E-state index contributed by atoms with van der Waals surface area (Å²) < 4.78 is 13.0. The van der Waals surface area contributed by atoms with E-state index in [2.05, 4.69) is 5.32 Å². The third-order valence-corrected chi connectivity index (χ3v) is 1.54. The summed E-state index contributed by atoms with van der Waals surface area (Å²) in [5.41, 5.74) is 0.363. The van der Waals surface area contributed by atoms with Crippen molar-refractivity contribution in [1.82, 2.24) is 0 Å². The van der Waals surface area contributed by atoms with Gasteiger partial charge in [0.2, 0.25) is 0 Å². The van der Waals surface area contributed by atoms with Crippen molar-refractivity contribution in [2.45, 2.75) is 0 Å². The van der Waals surface area contributed by atoms with Crippen molar-refractivity contribution in [2.75, 3.05) is 11.9 Å². The van der Waals surface area contributed by atoms with E-state index < -0.39 is 5.97 Å². The van der Waals surface area contributed by atoms with E-state index in [0.29, 0.717) is 5.69 Å². The molecule has 14 heavy (non-hydrogen) atoms. The smallest absolute Gasteiger partial charge is 0.328 e. The molecule has 0 spiro atoms. The Bertz CT molecular complexity index is 350. The molecule has 1 aromatic rings. The Hall–Kier alpha value is -1.84. The molecule has 0 aliphatic rings. The van der Waals surface area contributed by atoms with Crippen LogP contribution in [0.3, 0.4) is 0 Å². The summed E-state index contributed by atoms with van der Waals surface area (Å²) in [5, 5.41) is 11.0. The van der Waals surface area contributed by atoms with E-state index in [9.17, 15) is 9.18 Å². The van der Waals surface area contributed by atoms with Gasteiger partial charge in [-0.3, -0.25) is 0 Å². The molecule has 0 atom stereocenters. The number of carboxylic acids is 1. The monoisotopic (exact) mass is 195 g/mol. The van der Waals surface area contributed by atoms with Gasteiger partial charge in [0.1, 0.15) is 5.82 Å². The Morgan fingerprint density at radius 2 is 2.21 bits per heavy atom. The van der Waals surface area contributed by atoms with Gasteiger partial charge < -0.3 is 10.4 Å². The number of benzene rings is 1. The van der Waals surface area contributed by atoms with Crippen molar-refractivity contribution < 1.29 is 14.3 Å². The molecule has 3 nitrogen and oxygen atoms in total. The highest BCUT2D eigenvalue weighted by atomic mass is 19.1. The van der Waals surface area contributed by atoms with E-state index in [0.717, 1.165) is 6.08 Å². The number of halogens is 1. The van der Waals surface area contributed by atoms with Crippen LogP contribution in [0.15, 0.2) is 36.4 Å². The number of hydrogen-bond donors (Lipinski definition) is 2. The van der Waals surface area contributed by atoms with Gasteiger partial charge in [-0.15, -0.1) is 0 Å². The van der Waals surface area contributed by atoms with Gasteiger partial charge in [0.25, 0.3) is 0 Å². The van der Waals surface area contributed by atoms with Gasteiger partial charge in [0.15, 0.2) is 0 Å². The molecule has 4 heteroatoms. The summed E-state index contributed by atoms with van der Waals surface area (Å²) in [7, 11) is 0. The highest BCUT2D eigenvalue weighted by Crippen LogP contribution is 2.11. The van der Waals surface area contributed by atoms with E-state index in [1.54, 1.807) is 18.2 Å². The first-order valence-corrected chi connectivity index (χ1v) is 4.08. The van der Waals surface area contributed by atoms with Crippen molar-refractivity contribution in [3.63, 3.8) is 0 Å². The van der Waals surface area contributed by atoms with Crippen LogP contribution < -0.4 is 5.32 Å². The Morgan fingerprint density at radius 1 is 1.50 bits per heavy atom. The second kappa shape index (κ2) is 5.01. The molecule has 0 radical (unpaired) electrons. The molecule has 74 valence electrons. The fourth-order valence-electron chi connectivity index (χ4n) is 0.933. The summed E-state index contributed by atoms with van der Waals surface area (Å²) in [4.78, 5) is 10.1. The highest BCUT2D eigenvalue weighted by Gasteiger charge is 1.96. The topological polar surface area (TPSA) is 49.3 Å². The molecule has 0 saturated heterocycles. The number of aliphatic carboxylic acids is 1. The molecule has 0 unspecified atom stereocenters. The summed E-state index contributed by atoms with van der Waals surface area (Å²) in [6, 6.07) is 6.22. The maximum Gasteiger partial charge on any atom is 0.328 e. The lowest BCUT2D eigenvalue weighted by Crippen LogP contribution is -2.01. The molecule has 0 amide bonds. The predicted octanol–water partition coefficient (Wildman–Crippen LogP) is 1.88. The largest absolute Gasteiger partial charge is 0.478 e. The Kier molecular flexibility index (Phi) is 3.67. The highest BCUT2D eigenvalue weighted by molar-refractivity contribution is 5.79. The molecule has 0 saturated carbocycles. The van der Waals surface area contributed by atoms with Crippen molar-refractivity contribution >= 4 is 11.7 Å². The summed E-state index contributed by atoms with van der Waals surface area (Å²) in [5.74, 6) is -1.36. The number of anilines is 1. The summed E-state index contributed by atoms with van der Waals surface area (Å²) in [6.45, 7) is 0.285. The van der Waals surface area contributed by atoms with E-state index in [1.165, 1.54) is 12.1 Å². The van der Waals surface area contributed by atoms with Crippen LogP contribution in [0.2, 0.25) is 0 Å². The number of hydrogen-bond acceptors (Lipinski definition) is 2. The fourth-order valence-corrected chi connectivity index (χ4v) is 0.933. The predicted molar refractivity (Wildman–Crippen MR) is 51.7 cm³/mol. The molecule has 0 aromatic heterocycles. The number of para-hydroxylation sites is 1. The Labute approximate surface area is 80.9 Å². The zero-order chi connectivity index (χ0) is 10.4. The van der Waals surface area contributed by atoms with Gasteiger partial charge in [-0.2, -0.15) is 0 Å². The zero-order valence-corrected chi connectivity index (χ0v) is 7.40. The number of carbonyl (C=O) groups is 1. The lowest BCUT2D eigenvalue weighted by molar-refractivity contribution is -0.131. The van der Waals surface area contributed by atoms with Crippen LogP contribution in [0, 0.1) is 5.82 Å². The van der Waals surface area contributed by atoms with Crippen LogP contribution in [0.25, 0.3) is 0 Å². The average molecular weight is 195 g/mol. The van der Waals surface area contributed by atoms with Crippen LogP contribution in [0.5, 0.6) is 0 Å². The molecular weight excluding hydrogens is 185 g/mol. The minimum Gasteiger partial charge on any atom is -0.478 e. The first-order chi connectivity index (χ1) is 6.70. The molecule has 0 aliphatic carbocycles. The second-order valence-corrected chi connectivity index (χ2v) is 2.60. The lowest BCUT2D eigenvalue weighted by atomic mass is 10.3. The molecular formula is C10H10FNO2. The number of nitrogens with one attached hydrogen (secondary N) is 1. The molecule has 0 aliphatic heterocycles. The quantitative estimate of drug-likeness (QED) is 0.721. The number of rotatable bonds is 4. The second-order valence-electron chi connectivity index (χ2n) is 2.60. The molecule has 0 fully saturated rings. The maximum atomic E-state index is 13.0. The van der Waals surface area contributed by atoms with E-state index in [4.69, 9.17) is 5.11 Å². The standard InChI is InChI=1S/C10H10FNO2/c11-8-4-1-2-5-9(8)12-7-3-6-10(13)14/h1-6,12H,7H2,(H,13,14). The Balaban J connectivity index is 2.46. The maximum absolute atomic E-state index is 13.0.